The van der Waals surface area contributed by atoms with Crippen LogP contribution < -0.4 is 16.7 Å². The van der Waals surface area contributed by atoms with Crippen LogP contribution in [0.4, 0.5) is 10.1 Å². The van der Waals surface area contributed by atoms with E-state index in [-0.39, 0.29) is 17.6 Å². The highest BCUT2D eigenvalue weighted by molar-refractivity contribution is 5.98. The van der Waals surface area contributed by atoms with Crippen molar-refractivity contribution >= 4 is 33.7 Å². The van der Waals surface area contributed by atoms with E-state index in [9.17, 15) is 9.18 Å². The standard InChI is InChI=1S/C29H26FN9O/c1-16(2)9-25(40)38(31)21-11-18(13-33-15-21)19-12-23-27(36-37-28(23)34-14-19)29-35-26-22(7-4-8-24(26)39(29)32)17-5-3-6-20(30)10-17/h3-8,10-16H,9,31-32H2,1-2H3,(H,34,36,37). The molecular formula is C29H26FN9O. The van der Waals surface area contributed by atoms with Gasteiger partial charge in [-0.2, -0.15) is 5.10 Å². The van der Waals surface area contributed by atoms with Gasteiger partial charge >= 0.3 is 0 Å². The quantitative estimate of drug-likeness (QED) is 0.158. The third-order valence-electron chi connectivity index (χ3n) is 6.67. The molecule has 5 N–H and O–H groups in total. The molecule has 0 aliphatic carbocycles. The lowest BCUT2D eigenvalue weighted by Gasteiger charge is -2.18. The lowest BCUT2D eigenvalue weighted by molar-refractivity contribution is -0.119. The van der Waals surface area contributed by atoms with E-state index in [2.05, 4.69) is 20.2 Å². The molecule has 2 aromatic carbocycles. The summed E-state index contributed by atoms with van der Waals surface area (Å²) >= 11 is 0. The number of pyridine rings is 2. The molecule has 6 rings (SSSR count). The van der Waals surface area contributed by atoms with E-state index in [1.54, 1.807) is 30.7 Å². The number of hydrogen-bond acceptors (Lipinski definition) is 7. The fraction of sp³-hybridized carbons (Fsp3) is 0.138. The molecule has 6 aromatic rings. The van der Waals surface area contributed by atoms with E-state index in [0.29, 0.717) is 51.3 Å². The number of para-hydroxylation sites is 1. The summed E-state index contributed by atoms with van der Waals surface area (Å²) < 4.78 is 15.4. The van der Waals surface area contributed by atoms with Gasteiger partial charge in [-0.3, -0.25) is 14.9 Å². The second kappa shape index (κ2) is 9.86. The smallest absolute Gasteiger partial charge is 0.241 e. The summed E-state index contributed by atoms with van der Waals surface area (Å²) in [6.07, 6.45) is 5.24. The highest BCUT2D eigenvalue weighted by Crippen LogP contribution is 2.34. The number of anilines is 1. The maximum absolute atomic E-state index is 14.0. The summed E-state index contributed by atoms with van der Waals surface area (Å²) in [5.74, 6) is 12.7. The van der Waals surface area contributed by atoms with Crippen LogP contribution in [0.15, 0.2) is 73.2 Å². The number of nitrogens with two attached hydrogens (primary N) is 2. The van der Waals surface area contributed by atoms with Gasteiger partial charge in [0.05, 0.1) is 28.3 Å². The van der Waals surface area contributed by atoms with Crippen LogP contribution in [0.1, 0.15) is 20.3 Å². The topological polar surface area (TPSA) is 145 Å². The van der Waals surface area contributed by atoms with E-state index in [0.717, 1.165) is 21.7 Å². The predicted molar refractivity (Wildman–Crippen MR) is 153 cm³/mol. The average molecular weight is 536 g/mol. The first kappa shape index (κ1) is 25.1. The van der Waals surface area contributed by atoms with Gasteiger partial charge in [0, 0.05) is 35.5 Å². The first-order valence-electron chi connectivity index (χ1n) is 12.7. The highest BCUT2D eigenvalue weighted by Gasteiger charge is 2.20. The van der Waals surface area contributed by atoms with Gasteiger partial charge in [0.1, 0.15) is 11.5 Å². The second-order valence-electron chi connectivity index (χ2n) is 9.97. The van der Waals surface area contributed by atoms with Crippen LogP contribution in [-0.2, 0) is 4.79 Å². The number of nitrogens with zero attached hydrogens (tertiary/aromatic N) is 6. The van der Waals surface area contributed by atoms with Crippen LogP contribution in [0.2, 0.25) is 0 Å². The van der Waals surface area contributed by atoms with Crippen LogP contribution in [0.25, 0.3) is 55.8 Å². The summed E-state index contributed by atoms with van der Waals surface area (Å²) in [6, 6.07) is 15.6. The number of H-pyrrole nitrogens is 1. The van der Waals surface area contributed by atoms with Crippen LogP contribution in [0.3, 0.4) is 0 Å². The number of carbonyl (C=O) groups is 1. The Kier molecular flexibility index (Phi) is 6.20. The molecule has 4 aromatic heterocycles. The average Bonchev–Trinajstić information content (AvgIpc) is 3.52. The van der Waals surface area contributed by atoms with E-state index >= 15 is 0 Å². The van der Waals surface area contributed by atoms with E-state index in [1.165, 1.54) is 16.8 Å². The molecule has 0 radical (unpaired) electrons. The molecule has 0 aliphatic rings. The van der Waals surface area contributed by atoms with Crippen molar-refractivity contribution in [3.8, 4) is 33.8 Å². The molecule has 200 valence electrons. The lowest BCUT2D eigenvalue weighted by Crippen LogP contribution is -2.38. The fourth-order valence-corrected chi connectivity index (χ4v) is 4.71. The Balaban J connectivity index is 1.43. The minimum absolute atomic E-state index is 0.178. The van der Waals surface area contributed by atoms with Crippen LogP contribution in [0.5, 0.6) is 0 Å². The molecule has 11 heteroatoms. The molecule has 0 unspecified atom stereocenters. The van der Waals surface area contributed by atoms with Gasteiger partial charge in [0.25, 0.3) is 0 Å². The van der Waals surface area contributed by atoms with E-state index in [4.69, 9.17) is 16.7 Å². The zero-order valence-corrected chi connectivity index (χ0v) is 21.8. The molecule has 10 nitrogen and oxygen atoms in total. The summed E-state index contributed by atoms with van der Waals surface area (Å²) in [4.78, 5) is 26.1. The van der Waals surface area contributed by atoms with Crippen molar-refractivity contribution in [2.24, 2.45) is 11.8 Å². The SMILES string of the molecule is CC(C)CC(=O)N(N)c1cncc(-c2cnc3[nH]nc(-c4nc5c(-c6cccc(F)c6)cccc5n4N)c3c2)c1. The number of nitrogen functional groups attached to an aromatic ring is 1. The normalized spacial score (nSPS) is 11.5. The zero-order chi connectivity index (χ0) is 28.0. The number of nitrogens with one attached hydrogen (secondary N) is 1. The van der Waals surface area contributed by atoms with E-state index < -0.39 is 0 Å². The van der Waals surface area contributed by atoms with Crippen LogP contribution in [-0.4, -0.2) is 35.7 Å². The van der Waals surface area contributed by atoms with Crippen LogP contribution >= 0.6 is 0 Å². The summed E-state index contributed by atoms with van der Waals surface area (Å²) in [6.45, 7) is 3.92. The number of carbonyl (C=O) groups excluding carboxylic acids is 1. The minimum Gasteiger partial charge on any atom is -0.337 e. The molecule has 0 saturated carbocycles. The van der Waals surface area contributed by atoms with Gasteiger partial charge in [0.15, 0.2) is 11.5 Å². The number of halogens is 1. The zero-order valence-electron chi connectivity index (χ0n) is 21.8. The Labute approximate surface area is 228 Å². The Morgan fingerprint density at radius 3 is 2.65 bits per heavy atom. The Morgan fingerprint density at radius 1 is 1.05 bits per heavy atom. The number of fused-ring (bicyclic) bond motifs is 2. The Morgan fingerprint density at radius 2 is 1.85 bits per heavy atom. The van der Waals surface area contributed by atoms with Crippen molar-refractivity contribution in [1.82, 2.24) is 29.8 Å². The van der Waals surface area contributed by atoms with Crippen molar-refractivity contribution in [2.45, 2.75) is 20.3 Å². The van der Waals surface area contributed by atoms with Gasteiger partial charge in [-0.15, -0.1) is 0 Å². The van der Waals surface area contributed by atoms with Gasteiger partial charge < -0.3 is 5.84 Å². The van der Waals surface area contributed by atoms with Gasteiger partial charge in [0.2, 0.25) is 5.91 Å². The number of aromatic amines is 1. The van der Waals surface area contributed by atoms with Crippen molar-refractivity contribution in [3.63, 3.8) is 0 Å². The number of benzene rings is 2. The number of aromatic nitrogens is 6. The Bertz CT molecular complexity index is 1890. The van der Waals surface area contributed by atoms with Crippen molar-refractivity contribution in [3.05, 3.63) is 79.0 Å². The molecule has 0 bridgehead atoms. The molecular weight excluding hydrogens is 509 g/mol. The van der Waals surface area contributed by atoms with Crippen molar-refractivity contribution in [2.75, 3.05) is 10.9 Å². The van der Waals surface area contributed by atoms with Gasteiger partial charge in [-0.1, -0.05) is 38.1 Å². The molecule has 0 spiro atoms. The van der Waals surface area contributed by atoms with Crippen LogP contribution in [0, 0.1) is 11.7 Å². The molecule has 4 heterocycles. The number of amides is 1. The third-order valence-corrected chi connectivity index (χ3v) is 6.67. The predicted octanol–water partition coefficient (Wildman–Crippen LogP) is 4.81. The highest BCUT2D eigenvalue weighted by atomic mass is 19.1. The number of rotatable bonds is 6. The van der Waals surface area contributed by atoms with Gasteiger partial charge in [-0.05, 0) is 41.8 Å². The number of hydrogen-bond donors (Lipinski definition) is 3. The number of imidazole rings is 1. The molecule has 0 atom stereocenters. The maximum atomic E-state index is 14.0. The monoisotopic (exact) mass is 535 g/mol. The maximum Gasteiger partial charge on any atom is 0.241 e. The molecule has 40 heavy (non-hydrogen) atoms. The fourth-order valence-electron chi connectivity index (χ4n) is 4.71. The Hall–Kier alpha value is -5.16. The first-order valence-corrected chi connectivity index (χ1v) is 12.7. The number of hydrazine groups is 1. The molecule has 0 aliphatic heterocycles. The van der Waals surface area contributed by atoms with E-state index in [1.807, 2.05) is 44.2 Å². The third kappa shape index (κ3) is 4.41. The van der Waals surface area contributed by atoms with Crippen molar-refractivity contribution in [1.29, 1.82) is 0 Å². The summed E-state index contributed by atoms with van der Waals surface area (Å²) in [5, 5.41) is 9.23. The van der Waals surface area contributed by atoms with Crippen molar-refractivity contribution < 1.29 is 9.18 Å². The molecule has 0 saturated heterocycles. The van der Waals surface area contributed by atoms with Gasteiger partial charge in [-0.25, -0.2) is 29.9 Å². The summed E-state index contributed by atoms with van der Waals surface area (Å²) in [5.41, 5.74) is 5.74. The summed E-state index contributed by atoms with van der Waals surface area (Å²) in [7, 11) is 0. The first-order chi connectivity index (χ1) is 19.3. The lowest BCUT2D eigenvalue weighted by atomic mass is 10.0. The second-order valence-corrected chi connectivity index (χ2v) is 9.97. The largest absolute Gasteiger partial charge is 0.337 e. The molecule has 0 fully saturated rings. The minimum atomic E-state index is -0.334. The molecule has 1 amide bonds.